The largest absolute Gasteiger partial charge is 0.486 e. The Morgan fingerprint density at radius 2 is 1.97 bits per heavy atom. The second-order valence-corrected chi connectivity index (χ2v) is 8.80. The fraction of sp³-hybridized carbons (Fsp3) is 0.217. The highest BCUT2D eigenvalue weighted by molar-refractivity contribution is 7.80. The molecular formula is C23H21N3O4S2. The minimum Gasteiger partial charge on any atom is -0.486 e. The Balaban J connectivity index is 1.41. The van der Waals surface area contributed by atoms with Crippen LogP contribution < -0.4 is 20.3 Å². The van der Waals surface area contributed by atoms with Crippen LogP contribution in [0.2, 0.25) is 0 Å². The maximum absolute atomic E-state index is 12.9. The molecule has 0 spiro atoms. The van der Waals surface area contributed by atoms with Gasteiger partial charge in [0.15, 0.2) is 16.6 Å². The lowest BCUT2D eigenvalue weighted by molar-refractivity contribution is 0.172. The van der Waals surface area contributed by atoms with Crippen LogP contribution in [0.25, 0.3) is 10.9 Å². The van der Waals surface area contributed by atoms with Crippen LogP contribution in [0.1, 0.15) is 16.2 Å². The third-order valence-electron chi connectivity index (χ3n) is 5.15. The molecule has 0 unspecified atom stereocenters. The third-order valence-corrected chi connectivity index (χ3v) is 6.42. The molecule has 0 aliphatic carbocycles. The lowest BCUT2D eigenvalue weighted by Crippen LogP contribution is -2.39. The number of fused-ring (bicyclic) bond motifs is 2. The van der Waals surface area contributed by atoms with Crippen molar-refractivity contribution in [2.75, 3.05) is 13.2 Å². The Hall–Kier alpha value is -3.30. The van der Waals surface area contributed by atoms with Gasteiger partial charge in [0, 0.05) is 21.9 Å². The van der Waals surface area contributed by atoms with Crippen molar-refractivity contribution in [3.63, 3.8) is 0 Å². The average Bonchev–Trinajstić information content (AvgIpc) is 3.50. The van der Waals surface area contributed by atoms with E-state index in [1.165, 1.54) is 0 Å². The zero-order valence-electron chi connectivity index (χ0n) is 17.1. The van der Waals surface area contributed by atoms with E-state index in [1.807, 2.05) is 46.7 Å². The summed E-state index contributed by atoms with van der Waals surface area (Å²) in [5.41, 5.74) is 1.18. The van der Waals surface area contributed by atoms with E-state index < -0.39 is 0 Å². The highest BCUT2D eigenvalue weighted by atomic mass is 32.1. The van der Waals surface area contributed by atoms with E-state index >= 15 is 0 Å². The molecule has 1 aliphatic heterocycles. The first-order valence-corrected chi connectivity index (χ1v) is 11.5. The Labute approximate surface area is 193 Å². The van der Waals surface area contributed by atoms with Crippen molar-refractivity contribution in [3.05, 3.63) is 80.7 Å². The van der Waals surface area contributed by atoms with E-state index in [0.29, 0.717) is 60.5 Å². The van der Waals surface area contributed by atoms with E-state index in [4.69, 9.17) is 26.1 Å². The number of benzene rings is 1. The average molecular weight is 468 g/mol. The predicted octanol–water partition coefficient (Wildman–Crippen LogP) is 4.03. The minimum atomic E-state index is -0.154. The monoisotopic (exact) mass is 467 g/mol. The molecule has 32 heavy (non-hydrogen) atoms. The van der Waals surface area contributed by atoms with Crippen molar-refractivity contribution in [1.82, 2.24) is 15.2 Å². The van der Waals surface area contributed by atoms with Crippen molar-refractivity contribution in [3.8, 4) is 11.5 Å². The van der Waals surface area contributed by atoms with E-state index in [-0.39, 0.29) is 5.56 Å². The summed E-state index contributed by atoms with van der Waals surface area (Å²) < 4.78 is 16.7. The summed E-state index contributed by atoms with van der Waals surface area (Å²) in [5.74, 6) is 2.13. The van der Waals surface area contributed by atoms with Crippen molar-refractivity contribution >= 4 is 39.6 Å². The van der Waals surface area contributed by atoms with Gasteiger partial charge >= 0.3 is 0 Å². The second-order valence-electron chi connectivity index (χ2n) is 7.38. The molecule has 2 N–H and O–H groups in total. The summed E-state index contributed by atoms with van der Waals surface area (Å²) in [6.45, 7) is 2.45. The number of rotatable bonds is 6. The second kappa shape index (κ2) is 9.05. The highest BCUT2D eigenvalue weighted by Crippen LogP contribution is 2.33. The van der Waals surface area contributed by atoms with E-state index in [0.717, 1.165) is 16.0 Å². The third kappa shape index (κ3) is 4.49. The maximum atomic E-state index is 12.9. The molecule has 4 heterocycles. The number of furan rings is 1. The molecule has 1 aromatic carbocycles. The van der Waals surface area contributed by atoms with Gasteiger partial charge in [-0.1, -0.05) is 6.07 Å². The van der Waals surface area contributed by atoms with Gasteiger partial charge in [-0.3, -0.25) is 4.79 Å². The van der Waals surface area contributed by atoms with Gasteiger partial charge in [-0.25, -0.2) is 0 Å². The summed E-state index contributed by atoms with van der Waals surface area (Å²) >= 11 is 7.32. The quantitative estimate of drug-likeness (QED) is 0.415. The number of nitrogens with one attached hydrogen (secondary N) is 2. The van der Waals surface area contributed by atoms with Crippen LogP contribution >= 0.6 is 23.6 Å². The van der Waals surface area contributed by atoms with Gasteiger partial charge in [0.25, 0.3) is 5.56 Å². The molecule has 0 saturated carbocycles. The number of hydrogen-bond donors (Lipinski definition) is 2. The van der Waals surface area contributed by atoms with Gasteiger partial charge in [0.1, 0.15) is 19.0 Å². The number of thiophene rings is 1. The molecule has 9 heteroatoms. The number of pyridine rings is 1. The predicted molar refractivity (Wildman–Crippen MR) is 127 cm³/mol. The molecule has 0 fully saturated rings. The molecule has 0 bridgehead atoms. The zero-order valence-corrected chi connectivity index (χ0v) is 18.8. The molecule has 3 aromatic heterocycles. The van der Waals surface area contributed by atoms with Gasteiger partial charge in [0.05, 0.1) is 31.4 Å². The Kier molecular flexibility index (Phi) is 5.83. The zero-order chi connectivity index (χ0) is 21.9. The van der Waals surface area contributed by atoms with Crippen LogP contribution in [0.3, 0.4) is 0 Å². The number of aromatic amines is 1. The number of H-pyrrole nitrogens is 1. The van der Waals surface area contributed by atoms with Crippen molar-refractivity contribution < 1.29 is 13.9 Å². The van der Waals surface area contributed by atoms with Crippen LogP contribution in [0, 0.1) is 0 Å². The molecule has 164 valence electrons. The molecule has 4 aromatic rings. The lowest BCUT2D eigenvalue weighted by Gasteiger charge is -2.25. The van der Waals surface area contributed by atoms with Crippen molar-refractivity contribution in [2.24, 2.45) is 0 Å². The lowest BCUT2D eigenvalue weighted by atomic mass is 10.1. The molecule has 1 aliphatic rings. The SMILES string of the molecule is O=c1[nH]c2cc3c(cc2cc1CN(Cc1cccs1)C(=S)NCc1ccco1)OCCO3. The fourth-order valence-corrected chi connectivity index (χ4v) is 4.51. The molecular weight excluding hydrogens is 446 g/mol. The Bertz CT molecular complexity index is 1280. The standard InChI is InChI=1S/C23H21N3O4S2/c27-22-16(9-15-10-20-21(11-19(15)25-22)30-7-6-29-20)13-26(14-18-4-2-8-32-18)23(31)24-12-17-3-1-5-28-17/h1-5,8-11H,6-7,12-14H2,(H,24,31)(H,25,27). The molecule has 0 saturated heterocycles. The van der Waals surface area contributed by atoms with Crippen molar-refractivity contribution in [2.45, 2.75) is 19.6 Å². The summed E-state index contributed by atoms with van der Waals surface area (Å²) in [7, 11) is 0. The summed E-state index contributed by atoms with van der Waals surface area (Å²) in [6, 6.07) is 13.4. The first-order valence-electron chi connectivity index (χ1n) is 10.2. The number of aromatic nitrogens is 1. The maximum Gasteiger partial charge on any atom is 0.253 e. The van der Waals surface area contributed by atoms with Crippen LogP contribution in [0.15, 0.2) is 63.3 Å². The van der Waals surface area contributed by atoms with E-state index in [9.17, 15) is 4.79 Å². The van der Waals surface area contributed by atoms with E-state index in [1.54, 1.807) is 17.6 Å². The number of ether oxygens (including phenoxy) is 2. The highest BCUT2D eigenvalue weighted by Gasteiger charge is 2.17. The molecule has 0 atom stereocenters. The van der Waals surface area contributed by atoms with Gasteiger partial charge < -0.3 is 29.1 Å². The van der Waals surface area contributed by atoms with Crippen LogP contribution in [-0.2, 0) is 19.6 Å². The molecule has 5 rings (SSSR count). The number of hydrogen-bond acceptors (Lipinski definition) is 6. The smallest absolute Gasteiger partial charge is 0.253 e. The Morgan fingerprint density at radius 3 is 2.72 bits per heavy atom. The Morgan fingerprint density at radius 1 is 1.12 bits per heavy atom. The first-order chi connectivity index (χ1) is 15.7. The number of thiocarbonyl (C=S) groups is 1. The van der Waals surface area contributed by atoms with Crippen LogP contribution in [-0.4, -0.2) is 28.2 Å². The van der Waals surface area contributed by atoms with Crippen LogP contribution in [0.4, 0.5) is 0 Å². The molecule has 0 amide bonds. The van der Waals surface area contributed by atoms with Gasteiger partial charge in [-0.2, -0.15) is 0 Å². The summed E-state index contributed by atoms with van der Waals surface area (Å²) in [5, 5.41) is 6.70. The first kappa shape index (κ1) is 20.6. The number of nitrogens with zero attached hydrogens (tertiary/aromatic N) is 1. The van der Waals surface area contributed by atoms with Crippen molar-refractivity contribution in [1.29, 1.82) is 0 Å². The van der Waals surface area contributed by atoms with Gasteiger partial charge in [0.2, 0.25) is 0 Å². The van der Waals surface area contributed by atoms with E-state index in [2.05, 4.69) is 16.4 Å². The summed E-state index contributed by atoms with van der Waals surface area (Å²) in [6.07, 6.45) is 1.63. The molecule has 7 nitrogen and oxygen atoms in total. The topological polar surface area (TPSA) is 79.7 Å². The van der Waals surface area contributed by atoms with Gasteiger partial charge in [-0.05, 0) is 47.9 Å². The fourth-order valence-electron chi connectivity index (χ4n) is 3.59. The van der Waals surface area contributed by atoms with Gasteiger partial charge in [-0.15, -0.1) is 11.3 Å². The molecule has 0 radical (unpaired) electrons. The summed E-state index contributed by atoms with van der Waals surface area (Å²) in [4.78, 5) is 19.0. The normalized spacial score (nSPS) is 12.6. The van der Waals surface area contributed by atoms with Crippen LogP contribution in [0.5, 0.6) is 11.5 Å². The minimum absolute atomic E-state index is 0.154.